The van der Waals surface area contributed by atoms with E-state index in [4.69, 9.17) is 16.3 Å². The molecule has 2 aromatic carbocycles. The molecule has 2 aromatic heterocycles. The number of halogens is 4. The Morgan fingerprint density at radius 1 is 1.05 bits per heavy atom. The van der Waals surface area contributed by atoms with Crippen molar-refractivity contribution >= 4 is 11.6 Å². The first-order chi connectivity index (χ1) is 17.4. The highest BCUT2D eigenvalue weighted by atomic mass is 35.5. The Labute approximate surface area is 215 Å². The zero-order chi connectivity index (χ0) is 27.1. The minimum Gasteiger partial charge on any atom is -0.472 e. The van der Waals surface area contributed by atoms with Crippen LogP contribution in [-0.2, 0) is 12.2 Å². The van der Waals surface area contributed by atoms with Gasteiger partial charge in [0.1, 0.15) is 35.4 Å². The third-order valence-corrected chi connectivity index (χ3v) is 5.88. The smallest absolute Gasteiger partial charge is 0.264 e. The second-order valence-corrected chi connectivity index (χ2v) is 9.28. The molecule has 0 aliphatic heterocycles. The van der Waals surface area contributed by atoms with Crippen LogP contribution in [0.1, 0.15) is 36.6 Å². The summed E-state index contributed by atoms with van der Waals surface area (Å²) < 4.78 is 48.6. The lowest BCUT2D eigenvalue weighted by Gasteiger charge is -2.18. The van der Waals surface area contributed by atoms with Gasteiger partial charge in [-0.1, -0.05) is 17.7 Å². The summed E-state index contributed by atoms with van der Waals surface area (Å²) in [5, 5.41) is 10.4. The summed E-state index contributed by atoms with van der Waals surface area (Å²) >= 11 is 6.41. The molecule has 0 radical (unpaired) electrons. The van der Waals surface area contributed by atoms with Gasteiger partial charge in [0.15, 0.2) is 11.6 Å². The van der Waals surface area contributed by atoms with E-state index in [0.717, 1.165) is 18.3 Å². The molecule has 2 heterocycles. The van der Waals surface area contributed by atoms with Gasteiger partial charge in [-0.25, -0.2) is 23.1 Å². The van der Waals surface area contributed by atoms with E-state index in [2.05, 4.69) is 15.0 Å². The number of aromatic nitrogens is 4. The topological polar surface area (TPSA) is 90.1 Å². The van der Waals surface area contributed by atoms with Crippen LogP contribution in [0.4, 0.5) is 13.2 Å². The zero-order valence-corrected chi connectivity index (χ0v) is 21.1. The van der Waals surface area contributed by atoms with Crippen LogP contribution in [0.2, 0.25) is 5.02 Å². The van der Waals surface area contributed by atoms with Gasteiger partial charge < -0.3 is 9.84 Å². The average molecular weight is 531 g/mol. The SMILES string of the molecule is Cc1c(OCc2ccc(F)cc2F)nc(C)n(-c2cc(-c3nc(C(C)(C)O)ncc3F)ccc2Cl)c1=O. The molecule has 1 N–H and O–H groups in total. The quantitative estimate of drug-likeness (QED) is 0.369. The summed E-state index contributed by atoms with van der Waals surface area (Å²) in [6, 6.07) is 7.58. The van der Waals surface area contributed by atoms with Crippen molar-refractivity contribution < 1.29 is 23.0 Å². The van der Waals surface area contributed by atoms with Crippen LogP contribution in [-0.4, -0.2) is 24.6 Å². The van der Waals surface area contributed by atoms with Crippen molar-refractivity contribution in [3.05, 3.63) is 98.2 Å². The predicted molar refractivity (Wildman–Crippen MR) is 131 cm³/mol. The normalized spacial score (nSPS) is 11.6. The van der Waals surface area contributed by atoms with Gasteiger partial charge in [-0.2, -0.15) is 4.98 Å². The van der Waals surface area contributed by atoms with Crippen LogP contribution in [0, 0.1) is 31.3 Å². The molecule has 0 unspecified atom stereocenters. The van der Waals surface area contributed by atoms with Crippen molar-refractivity contribution in [3.63, 3.8) is 0 Å². The molecule has 0 bridgehead atoms. The van der Waals surface area contributed by atoms with Crippen molar-refractivity contribution in [1.29, 1.82) is 0 Å². The molecule has 4 aromatic rings. The van der Waals surface area contributed by atoms with Gasteiger partial charge in [0.05, 0.1) is 22.5 Å². The summed E-state index contributed by atoms with van der Waals surface area (Å²) in [6.07, 6.45) is 0.961. The van der Waals surface area contributed by atoms with Crippen molar-refractivity contribution in [2.45, 2.75) is 39.9 Å². The molecular formula is C26H22ClF3N4O3. The molecule has 11 heteroatoms. The highest BCUT2D eigenvalue weighted by Gasteiger charge is 2.23. The number of hydrogen-bond donors (Lipinski definition) is 1. The summed E-state index contributed by atoms with van der Waals surface area (Å²) in [7, 11) is 0. The zero-order valence-electron chi connectivity index (χ0n) is 20.3. The van der Waals surface area contributed by atoms with Gasteiger partial charge >= 0.3 is 0 Å². The first-order valence-corrected chi connectivity index (χ1v) is 11.5. The van der Waals surface area contributed by atoms with Crippen LogP contribution in [0.3, 0.4) is 0 Å². The van der Waals surface area contributed by atoms with Gasteiger partial charge in [-0.15, -0.1) is 0 Å². The average Bonchev–Trinajstić information content (AvgIpc) is 2.82. The maximum absolute atomic E-state index is 14.6. The molecule has 4 rings (SSSR count). The fourth-order valence-corrected chi connectivity index (χ4v) is 3.79. The number of benzene rings is 2. The Balaban J connectivity index is 1.75. The molecule has 0 atom stereocenters. The van der Waals surface area contributed by atoms with Gasteiger partial charge in [0, 0.05) is 17.2 Å². The summed E-state index contributed by atoms with van der Waals surface area (Å²) in [5.74, 6) is -2.03. The third kappa shape index (κ3) is 5.35. The van der Waals surface area contributed by atoms with Crippen LogP contribution in [0.15, 0.2) is 47.4 Å². The third-order valence-electron chi connectivity index (χ3n) is 5.56. The summed E-state index contributed by atoms with van der Waals surface area (Å²) in [5.41, 5.74) is -1.27. The second kappa shape index (κ2) is 9.95. The first kappa shape index (κ1) is 26.3. The van der Waals surface area contributed by atoms with E-state index in [1.54, 1.807) is 6.92 Å². The number of aryl methyl sites for hydroxylation is 1. The van der Waals surface area contributed by atoms with Gasteiger partial charge in [0.25, 0.3) is 5.56 Å². The van der Waals surface area contributed by atoms with E-state index in [-0.39, 0.29) is 51.7 Å². The van der Waals surface area contributed by atoms with Gasteiger partial charge in [-0.05, 0) is 52.0 Å². The van der Waals surface area contributed by atoms with E-state index in [1.807, 2.05) is 0 Å². The van der Waals surface area contributed by atoms with Gasteiger partial charge in [0.2, 0.25) is 5.88 Å². The molecule has 0 aliphatic carbocycles. The van der Waals surface area contributed by atoms with Crippen molar-refractivity contribution in [2.75, 3.05) is 0 Å². The fourth-order valence-electron chi connectivity index (χ4n) is 3.59. The molecule has 0 fully saturated rings. The second-order valence-electron chi connectivity index (χ2n) is 8.87. The minimum atomic E-state index is -1.40. The molecular weight excluding hydrogens is 509 g/mol. The van der Waals surface area contributed by atoms with E-state index in [9.17, 15) is 23.1 Å². The van der Waals surface area contributed by atoms with Crippen LogP contribution < -0.4 is 10.3 Å². The van der Waals surface area contributed by atoms with Crippen LogP contribution in [0.5, 0.6) is 5.88 Å². The molecule has 37 heavy (non-hydrogen) atoms. The molecule has 192 valence electrons. The Hall–Kier alpha value is -3.76. The lowest BCUT2D eigenvalue weighted by molar-refractivity contribution is 0.0686. The number of ether oxygens (including phenoxy) is 1. The van der Waals surface area contributed by atoms with Crippen molar-refractivity contribution in [2.24, 2.45) is 0 Å². The van der Waals surface area contributed by atoms with Crippen molar-refractivity contribution in [1.82, 2.24) is 19.5 Å². The van der Waals surface area contributed by atoms with E-state index in [1.165, 1.54) is 49.6 Å². The fraction of sp³-hybridized carbons (Fsp3) is 0.231. The van der Waals surface area contributed by atoms with Crippen LogP contribution >= 0.6 is 11.6 Å². The van der Waals surface area contributed by atoms with Crippen molar-refractivity contribution in [3.8, 4) is 22.8 Å². The lowest BCUT2D eigenvalue weighted by Crippen LogP contribution is -2.25. The molecule has 0 aliphatic rings. The molecule has 0 saturated carbocycles. The van der Waals surface area contributed by atoms with Crippen LogP contribution in [0.25, 0.3) is 16.9 Å². The molecule has 0 saturated heterocycles. The number of nitrogens with zero attached hydrogens (tertiary/aromatic N) is 4. The Morgan fingerprint density at radius 2 is 1.78 bits per heavy atom. The standard InChI is InChI=1S/C26H22ClF3N4O3/c1-13-23(37-12-16-5-7-17(28)10-19(16)29)32-14(2)34(24(13)35)21-9-15(6-8-18(21)27)22-20(30)11-31-25(33-22)26(3,4)36/h5-11,36H,12H2,1-4H3. The number of hydrogen-bond acceptors (Lipinski definition) is 6. The monoisotopic (exact) mass is 530 g/mol. The summed E-state index contributed by atoms with van der Waals surface area (Å²) in [4.78, 5) is 25.7. The lowest BCUT2D eigenvalue weighted by atomic mass is 10.1. The Kier molecular flexibility index (Phi) is 7.07. The molecule has 7 nitrogen and oxygen atoms in total. The Bertz CT molecular complexity index is 1570. The van der Waals surface area contributed by atoms with E-state index >= 15 is 0 Å². The number of aliphatic hydroxyl groups is 1. The Morgan fingerprint density at radius 3 is 2.46 bits per heavy atom. The summed E-state index contributed by atoms with van der Waals surface area (Å²) in [6.45, 7) is 5.72. The largest absolute Gasteiger partial charge is 0.472 e. The first-order valence-electron chi connectivity index (χ1n) is 11.1. The highest BCUT2D eigenvalue weighted by Crippen LogP contribution is 2.30. The highest BCUT2D eigenvalue weighted by molar-refractivity contribution is 6.32. The maximum Gasteiger partial charge on any atom is 0.264 e. The predicted octanol–water partition coefficient (Wildman–Crippen LogP) is 5.18. The van der Waals surface area contributed by atoms with E-state index in [0.29, 0.717) is 5.56 Å². The van der Waals surface area contributed by atoms with Gasteiger partial charge in [-0.3, -0.25) is 9.36 Å². The van der Waals surface area contributed by atoms with E-state index < -0.39 is 28.6 Å². The maximum atomic E-state index is 14.6. The number of rotatable bonds is 6. The molecule has 0 spiro atoms. The molecule has 0 amide bonds. The minimum absolute atomic E-state index is 0.0188.